The second kappa shape index (κ2) is 6.64. The van der Waals surface area contributed by atoms with Crippen molar-refractivity contribution in [1.29, 1.82) is 0 Å². The fourth-order valence-corrected chi connectivity index (χ4v) is 2.57. The van der Waals surface area contributed by atoms with Crippen LogP contribution in [0, 0.1) is 0 Å². The molecular formula is C17H16ClN5O. The van der Waals surface area contributed by atoms with E-state index in [4.69, 9.17) is 27.8 Å². The van der Waals surface area contributed by atoms with E-state index in [1.54, 1.807) is 25.4 Å². The lowest BCUT2D eigenvalue weighted by Gasteiger charge is -2.13. The Morgan fingerprint density at radius 1 is 1.08 bits per heavy atom. The van der Waals surface area contributed by atoms with Gasteiger partial charge in [0.2, 0.25) is 5.95 Å². The van der Waals surface area contributed by atoms with E-state index in [-0.39, 0.29) is 5.95 Å². The second-order valence-electron chi connectivity index (χ2n) is 5.05. The topological polar surface area (TPSA) is 99.1 Å². The molecule has 1 heterocycles. The number of nitrogens with two attached hydrogens (primary N) is 2. The van der Waals surface area contributed by atoms with Crippen LogP contribution in [-0.2, 0) is 0 Å². The van der Waals surface area contributed by atoms with Gasteiger partial charge in [0.1, 0.15) is 11.6 Å². The molecule has 6 nitrogen and oxygen atoms in total. The van der Waals surface area contributed by atoms with Gasteiger partial charge in [-0.1, -0.05) is 29.8 Å². The average Bonchev–Trinajstić information content (AvgIpc) is 2.56. The van der Waals surface area contributed by atoms with Crippen molar-refractivity contribution in [2.45, 2.75) is 0 Å². The molecule has 5 N–H and O–H groups in total. The van der Waals surface area contributed by atoms with Crippen LogP contribution in [0.2, 0.25) is 5.02 Å². The van der Waals surface area contributed by atoms with Crippen LogP contribution in [0.3, 0.4) is 0 Å². The number of hydrogen-bond acceptors (Lipinski definition) is 6. The van der Waals surface area contributed by atoms with Gasteiger partial charge < -0.3 is 21.5 Å². The van der Waals surface area contributed by atoms with Gasteiger partial charge in [0, 0.05) is 28.7 Å². The SMILES string of the molecule is COc1ccc(Nc2nc(N)ncc2-c2ccccc2N)cc1Cl. The van der Waals surface area contributed by atoms with Crippen LogP contribution in [0.5, 0.6) is 5.75 Å². The summed E-state index contributed by atoms with van der Waals surface area (Å²) in [5, 5.41) is 3.70. The van der Waals surface area contributed by atoms with Crippen LogP contribution in [0.4, 0.5) is 23.1 Å². The molecule has 0 fully saturated rings. The average molecular weight is 342 g/mol. The van der Waals surface area contributed by atoms with E-state index in [1.807, 2.05) is 30.3 Å². The number of nitrogens with zero attached hydrogens (tertiary/aromatic N) is 2. The number of para-hydroxylation sites is 1. The van der Waals surface area contributed by atoms with Gasteiger partial charge in [-0.2, -0.15) is 4.98 Å². The molecule has 2 aromatic carbocycles. The third-order valence-electron chi connectivity index (χ3n) is 3.47. The Kier molecular flexibility index (Phi) is 4.39. The highest BCUT2D eigenvalue weighted by molar-refractivity contribution is 6.32. The number of methoxy groups -OCH3 is 1. The summed E-state index contributed by atoms with van der Waals surface area (Å²) in [4.78, 5) is 8.35. The molecule has 0 radical (unpaired) electrons. The first-order chi connectivity index (χ1) is 11.6. The minimum atomic E-state index is 0.162. The molecule has 24 heavy (non-hydrogen) atoms. The van der Waals surface area contributed by atoms with Gasteiger partial charge in [-0.05, 0) is 24.3 Å². The van der Waals surface area contributed by atoms with E-state index >= 15 is 0 Å². The molecule has 0 bridgehead atoms. The van der Waals surface area contributed by atoms with Crippen molar-refractivity contribution < 1.29 is 4.74 Å². The monoisotopic (exact) mass is 341 g/mol. The number of ether oxygens (including phenoxy) is 1. The van der Waals surface area contributed by atoms with Crippen molar-refractivity contribution in [3.05, 3.63) is 53.7 Å². The van der Waals surface area contributed by atoms with E-state index in [0.29, 0.717) is 22.3 Å². The third kappa shape index (κ3) is 3.18. The summed E-state index contributed by atoms with van der Waals surface area (Å²) in [7, 11) is 1.57. The van der Waals surface area contributed by atoms with E-state index < -0.39 is 0 Å². The van der Waals surface area contributed by atoms with Gasteiger partial charge in [-0.15, -0.1) is 0 Å². The smallest absolute Gasteiger partial charge is 0.221 e. The molecule has 0 aliphatic heterocycles. The van der Waals surface area contributed by atoms with E-state index in [9.17, 15) is 0 Å². The van der Waals surface area contributed by atoms with Gasteiger partial charge in [-0.25, -0.2) is 4.98 Å². The minimum absolute atomic E-state index is 0.162. The molecule has 0 saturated heterocycles. The zero-order valence-electron chi connectivity index (χ0n) is 13.0. The maximum atomic E-state index is 6.17. The predicted molar refractivity (Wildman–Crippen MR) is 97.6 cm³/mol. The summed E-state index contributed by atoms with van der Waals surface area (Å²) in [6.07, 6.45) is 1.64. The molecule has 7 heteroatoms. The number of benzene rings is 2. The molecule has 0 aliphatic rings. The lowest BCUT2D eigenvalue weighted by molar-refractivity contribution is 0.415. The van der Waals surface area contributed by atoms with Crippen LogP contribution in [0.15, 0.2) is 48.7 Å². The molecule has 122 valence electrons. The summed E-state index contributed by atoms with van der Waals surface area (Å²) >= 11 is 6.17. The largest absolute Gasteiger partial charge is 0.495 e. The molecule has 3 aromatic rings. The van der Waals surface area contributed by atoms with Crippen molar-refractivity contribution in [3.63, 3.8) is 0 Å². The van der Waals surface area contributed by atoms with E-state index in [1.165, 1.54) is 0 Å². The van der Waals surface area contributed by atoms with Gasteiger partial charge in [0.25, 0.3) is 0 Å². The Labute approximate surface area is 144 Å². The van der Waals surface area contributed by atoms with Crippen LogP contribution < -0.4 is 21.5 Å². The highest BCUT2D eigenvalue weighted by Gasteiger charge is 2.12. The predicted octanol–water partition coefficient (Wildman–Crippen LogP) is 3.71. The number of halogens is 1. The fourth-order valence-electron chi connectivity index (χ4n) is 2.31. The molecule has 0 aliphatic carbocycles. The van der Waals surface area contributed by atoms with Gasteiger partial charge in [-0.3, -0.25) is 0 Å². The number of rotatable bonds is 4. The molecule has 0 amide bonds. The Hall–Kier alpha value is -2.99. The molecule has 0 atom stereocenters. The zero-order chi connectivity index (χ0) is 17.1. The van der Waals surface area contributed by atoms with Crippen LogP contribution in [0.25, 0.3) is 11.1 Å². The summed E-state index contributed by atoms with van der Waals surface area (Å²) < 4.78 is 5.16. The summed E-state index contributed by atoms with van der Waals surface area (Å²) in [5.74, 6) is 1.30. The van der Waals surface area contributed by atoms with Crippen molar-refractivity contribution in [2.24, 2.45) is 0 Å². The lowest BCUT2D eigenvalue weighted by Crippen LogP contribution is -2.03. The zero-order valence-corrected chi connectivity index (χ0v) is 13.7. The standard InChI is InChI=1S/C17H16ClN5O/c1-24-15-7-6-10(8-13(15)18)22-16-12(9-21-17(20)23-16)11-4-2-3-5-14(11)19/h2-9H,19H2,1H3,(H3,20,21,22,23). The Bertz CT molecular complexity index is 885. The van der Waals surface area contributed by atoms with Crippen LogP contribution in [-0.4, -0.2) is 17.1 Å². The number of nitrogen functional groups attached to an aromatic ring is 2. The summed E-state index contributed by atoms with van der Waals surface area (Å²) in [6, 6.07) is 12.8. The maximum absolute atomic E-state index is 6.17. The molecule has 0 unspecified atom stereocenters. The molecular weight excluding hydrogens is 326 g/mol. The molecule has 0 spiro atoms. The van der Waals surface area contributed by atoms with Crippen LogP contribution >= 0.6 is 11.6 Å². The van der Waals surface area contributed by atoms with Crippen LogP contribution in [0.1, 0.15) is 0 Å². The fraction of sp³-hybridized carbons (Fsp3) is 0.0588. The Morgan fingerprint density at radius 3 is 2.58 bits per heavy atom. The minimum Gasteiger partial charge on any atom is -0.495 e. The summed E-state index contributed by atoms with van der Waals surface area (Å²) in [5.41, 5.74) is 14.7. The number of nitrogens with one attached hydrogen (secondary N) is 1. The first kappa shape index (κ1) is 15.9. The van der Waals surface area contributed by atoms with Crippen molar-refractivity contribution in [2.75, 3.05) is 23.9 Å². The second-order valence-corrected chi connectivity index (χ2v) is 5.46. The molecule has 1 aromatic heterocycles. The van der Waals surface area contributed by atoms with Gasteiger partial charge in [0.05, 0.1) is 12.1 Å². The first-order valence-corrected chi connectivity index (χ1v) is 7.54. The highest BCUT2D eigenvalue weighted by atomic mass is 35.5. The van der Waals surface area contributed by atoms with E-state index in [0.717, 1.165) is 16.8 Å². The van der Waals surface area contributed by atoms with Crippen molar-refractivity contribution in [1.82, 2.24) is 9.97 Å². The number of hydrogen-bond donors (Lipinski definition) is 3. The first-order valence-electron chi connectivity index (χ1n) is 7.16. The third-order valence-corrected chi connectivity index (χ3v) is 3.77. The van der Waals surface area contributed by atoms with Gasteiger partial charge >= 0.3 is 0 Å². The number of anilines is 4. The molecule has 3 rings (SSSR count). The van der Waals surface area contributed by atoms with Crippen molar-refractivity contribution in [3.8, 4) is 16.9 Å². The quantitative estimate of drug-likeness (QED) is 0.625. The normalized spacial score (nSPS) is 10.4. The maximum Gasteiger partial charge on any atom is 0.221 e. The lowest BCUT2D eigenvalue weighted by atomic mass is 10.1. The van der Waals surface area contributed by atoms with E-state index in [2.05, 4.69) is 15.3 Å². The summed E-state index contributed by atoms with van der Waals surface area (Å²) in [6.45, 7) is 0. The van der Waals surface area contributed by atoms with Gasteiger partial charge in [0.15, 0.2) is 0 Å². The van der Waals surface area contributed by atoms with Crippen molar-refractivity contribution >= 4 is 34.7 Å². The number of aromatic nitrogens is 2. The Morgan fingerprint density at radius 2 is 1.88 bits per heavy atom. The highest BCUT2D eigenvalue weighted by Crippen LogP contribution is 2.34. The molecule has 0 saturated carbocycles. The Balaban J connectivity index is 2.03.